The van der Waals surface area contributed by atoms with E-state index >= 15 is 0 Å². The molecule has 138 valence electrons. The zero-order valence-corrected chi connectivity index (χ0v) is 15.8. The Labute approximate surface area is 155 Å². The molecule has 4 nitrogen and oxygen atoms in total. The molecule has 1 N–H and O–H groups in total. The van der Waals surface area contributed by atoms with Crippen molar-refractivity contribution in [2.45, 2.75) is 58.9 Å². The fourth-order valence-corrected chi connectivity index (χ4v) is 3.88. The molecule has 4 heteroatoms. The van der Waals surface area contributed by atoms with Gasteiger partial charge >= 0.3 is 0 Å². The summed E-state index contributed by atoms with van der Waals surface area (Å²) in [4.78, 5) is 24.9. The van der Waals surface area contributed by atoms with Gasteiger partial charge in [-0.15, -0.1) is 0 Å². The lowest BCUT2D eigenvalue weighted by Crippen LogP contribution is -2.26. The van der Waals surface area contributed by atoms with Crippen LogP contribution in [0, 0.1) is 6.92 Å². The molecule has 0 spiro atoms. The first-order chi connectivity index (χ1) is 12.6. The SMILES string of the molecule is CCCNC(=O)Cc1c2c(n(CCc3ccccc3)c1C)CCCC2=O. The van der Waals surface area contributed by atoms with Crippen LogP contribution in [0.2, 0.25) is 0 Å². The van der Waals surface area contributed by atoms with E-state index in [1.165, 1.54) is 5.56 Å². The lowest BCUT2D eigenvalue weighted by molar-refractivity contribution is -0.120. The van der Waals surface area contributed by atoms with Crippen molar-refractivity contribution in [1.29, 1.82) is 0 Å². The number of carbonyl (C=O) groups excluding carboxylic acids is 2. The number of Topliss-reactive ketones (excluding diaryl/α,β-unsaturated/α-hetero) is 1. The highest BCUT2D eigenvalue weighted by molar-refractivity contribution is 6.01. The lowest BCUT2D eigenvalue weighted by atomic mass is 9.92. The van der Waals surface area contributed by atoms with E-state index in [1.807, 2.05) is 13.0 Å². The predicted molar refractivity (Wildman–Crippen MR) is 104 cm³/mol. The van der Waals surface area contributed by atoms with Crippen molar-refractivity contribution in [3.63, 3.8) is 0 Å². The summed E-state index contributed by atoms with van der Waals surface area (Å²) in [6.45, 7) is 5.63. The third-order valence-corrected chi connectivity index (χ3v) is 5.23. The molecule has 1 aromatic heterocycles. The Morgan fingerprint density at radius 1 is 1.19 bits per heavy atom. The third kappa shape index (κ3) is 3.90. The molecule has 3 rings (SSSR count). The van der Waals surface area contributed by atoms with Gasteiger partial charge in [0.05, 0.1) is 6.42 Å². The molecule has 0 atom stereocenters. The van der Waals surface area contributed by atoms with Crippen LogP contribution in [-0.2, 0) is 30.6 Å². The molecule has 0 saturated carbocycles. The summed E-state index contributed by atoms with van der Waals surface area (Å²) in [6, 6.07) is 10.4. The van der Waals surface area contributed by atoms with Crippen molar-refractivity contribution >= 4 is 11.7 Å². The maximum absolute atomic E-state index is 12.6. The van der Waals surface area contributed by atoms with Crippen LogP contribution in [-0.4, -0.2) is 22.8 Å². The molecule has 0 bridgehead atoms. The fraction of sp³-hybridized carbons (Fsp3) is 0.455. The summed E-state index contributed by atoms with van der Waals surface area (Å²) in [5.41, 5.74) is 5.26. The van der Waals surface area contributed by atoms with Gasteiger partial charge in [0.15, 0.2) is 5.78 Å². The molecule has 1 aliphatic carbocycles. The van der Waals surface area contributed by atoms with Gasteiger partial charge in [-0.3, -0.25) is 9.59 Å². The van der Waals surface area contributed by atoms with Crippen LogP contribution in [0.3, 0.4) is 0 Å². The Balaban J connectivity index is 1.88. The highest BCUT2D eigenvalue weighted by Crippen LogP contribution is 2.30. The largest absolute Gasteiger partial charge is 0.356 e. The molecule has 0 fully saturated rings. The van der Waals surface area contributed by atoms with Gasteiger partial charge in [-0.2, -0.15) is 0 Å². The average Bonchev–Trinajstić information content (AvgIpc) is 2.92. The van der Waals surface area contributed by atoms with Crippen LogP contribution in [0.25, 0.3) is 0 Å². The van der Waals surface area contributed by atoms with Gasteiger partial charge in [0, 0.05) is 36.5 Å². The molecular weight excluding hydrogens is 324 g/mol. The zero-order valence-electron chi connectivity index (χ0n) is 15.8. The minimum Gasteiger partial charge on any atom is -0.356 e. The van der Waals surface area contributed by atoms with Crippen LogP contribution in [0.4, 0.5) is 0 Å². The van der Waals surface area contributed by atoms with E-state index in [1.54, 1.807) is 0 Å². The lowest BCUT2D eigenvalue weighted by Gasteiger charge is -2.16. The zero-order chi connectivity index (χ0) is 18.5. The number of fused-ring (bicyclic) bond motifs is 1. The summed E-state index contributed by atoms with van der Waals surface area (Å²) in [7, 11) is 0. The minimum atomic E-state index is 0.0105. The Bertz CT molecular complexity index is 790. The second kappa shape index (κ2) is 8.35. The number of benzene rings is 1. The first-order valence-electron chi connectivity index (χ1n) is 9.66. The van der Waals surface area contributed by atoms with Gasteiger partial charge in [0.1, 0.15) is 0 Å². The molecular formula is C22H28N2O2. The number of nitrogens with one attached hydrogen (secondary N) is 1. The second-order valence-corrected chi connectivity index (χ2v) is 7.08. The fourth-order valence-electron chi connectivity index (χ4n) is 3.88. The van der Waals surface area contributed by atoms with Gasteiger partial charge in [0.2, 0.25) is 5.91 Å². The van der Waals surface area contributed by atoms with Gasteiger partial charge in [-0.1, -0.05) is 37.3 Å². The van der Waals surface area contributed by atoms with Crippen LogP contribution < -0.4 is 5.32 Å². The monoisotopic (exact) mass is 352 g/mol. The summed E-state index contributed by atoms with van der Waals surface area (Å²) >= 11 is 0. The van der Waals surface area contributed by atoms with Gasteiger partial charge < -0.3 is 9.88 Å². The molecule has 1 heterocycles. The number of aryl methyl sites for hydroxylation is 1. The minimum absolute atomic E-state index is 0.0105. The maximum Gasteiger partial charge on any atom is 0.224 e. The number of nitrogens with zero attached hydrogens (tertiary/aromatic N) is 1. The van der Waals surface area contributed by atoms with Crippen molar-refractivity contribution in [2.75, 3.05) is 6.54 Å². The topological polar surface area (TPSA) is 51.1 Å². The number of carbonyl (C=O) groups is 2. The summed E-state index contributed by atoms with van der Waals surface area (Å²) in [5.74, 6) is 0.211. The number of aromatic nitrogens is 1. The Kier molecular flexibility index (Phi) is 5.92. The highest BCUT2D eigenvalue weighted by atomic mass is 16.1. The molecule has 0 saturated heterocycles. The average molecular weight is 352 g/mol. The van der Waals surface area contributed by atoms with E-state index in [0.717, 1.165) is 54.7 Å². The normalized spacial score (nSPS) is 13.5. The Morgan fingerprint density at radius 3 is 2.69 bits per heavy atom. The molecule has 0 unspecified atom stereocenters. The van der Waals surface area contributed by atoms with Crippen molar-refractivity contribution in [1.82, 2.24) is 9.88 Å². The van der Waals surface area contributed by atoms with Crippen molar-refractivity contribution in [3.05, 3.63) is 58.4 Å². The Morgan fingerprint density at radius 2 is 1.96 bits per heavy atom. The third-order valence-electron chi connectivity index (χ3n) is 5.23. The van der Waals surface area contributed by atoms with E-state index in [9.17, 15) is 9.59 Å². The van der Waals surface area contributed by atoms with Gasteiger partial charge in [-0.25, -0.2) is 0 Å². The molecule has 26 heavy (non-hydrogen) atoms. The van der Waals surface area contributed by atoms with E-state index in [4.69, 9.17) is 0 Å². The smallest absolute Gasteiger partial charge is 0.224 e. The number of ketones is 1. The van der Waals surface area contributed by atoms with E-state index in [0.29, 0.717) is 19.4 Å². The Hall–Kier alpha value is -2.36. The van der Waals surface area contributed by atoms with Crippen LogP contribution >= 0.6 is 0 Å². The molecule has 2 aromatic rings. The molecule has 0 aliphatic heterocycles. The first kappa shape index (κ1) is 18.4. The number of hydrogen-bond acceptors (Lipinski definition) is 2. The summed E-state index contributed by atoms with van der Waals surface area (Å²) < 4.78 is 2.28. The molecule has 0 radical (unpaired) electrons. The van der Waals surface area contributed by atoms with Crippen molar-refractivity contribution < 1.29 is 9.59 Å². The predicted octanol–water partition coefficient (Wildman–Crippen LogP) is 3.63. The molecule has 1 aliphatic rings. The van der Waals surface area contributed by atoms with Crippen molar-refractivity contribution in [3.8, 4) is 0 Å². The van der Waals surface area contributed by atoms with Crippen molar-refractivity contribution in [2.24, 2.45) is 0 Å². The van der Waals surface area contributed by atoms with Gasteiger partial charge in [-0.05, 0) is 43.7 Å². The molecule has 1 amide bonds. The summed E-state index contributed by atoms with van der Waals surface area (Å²) in [5, 5.41) is 2.94. The first-order valence-corrected chi connectivity index (χ1v) is 9.66. The number of rotatable bonds is 7. The maximum atomic E-state index is 12.6. The molecule has 1 aromatic carbocycles. The summed E-state index contributed by atoms with van der Waals surface area (Å²) in [6.07, 6.45) is 4.57. The second-order valence-electron chi connectivity index (χ2n) is 7.08. The van der Waals surface area contributed by atoms with Crippen LogP contribution in [0.1, 0.15) is 59.1 Å². The van der Waals surface area contributed by atoms with Gasteiger partial charge in [0.25, 0.3) is 0 Å². The van der Waals surface area contributed by atoms with E-state index in [-0.39, 0.29) is 11.7 Å². The quantitative estimate of drug-likeness (QED) is 0.827. The number of amides is 1. The van der Waals surface area contributed by atoms with E-state index in [2.05, 4.69) is 41.1 Å². The number of hydrogen-bond donors (Lipinski definition) is 1. The van der Waals surface area contributed by atoms with Crippen LogP contribution in [0.5, 0.6) is 0 Å². The van der Waals surface area contributed by atoms with Crippen LogP contribution in [0.15, 0.2) is 30.3 Å². The standard InChI is InChI=1S/C22H28N2O2/c1-3-13-23-21(26)15-18-16(2)24(14-12-17-8-5-4-6-9-17)19-10-7-11-20(25)22(18)19/h4-6,8-9H,3,7,10-15H2,1-2H3,(H,23,26). The highest BCUT2D eigenvalue weighted by Gasteiger charge is 2.28. The van der Waals surface area contributed by atoms with E-state index < -0.39 is 0 Å².